The fraction of sp³-hybridized carbons (Fsp3) is 0.237. The number of aryl methyl sites for hydroxylation is 2. The van der Waals surface area contributed by atoms with Crippen LogP contribution in [0.1, 0.15) is 71.9 Å². The van der Waals surface area contributed by atoms with E-state index in [0.29, 0.717) is 26.5 Å². The molecule has 3 aromatic carbocycles. The van der Waals surface area contributed by atoms with Crippen molar-refractivity contribution in [2.75, 3.05) is 6.61 Å². The summed E-state index contributed by atoms with van der Waals surface area (Å²) in [5, 5.41) is 0. The summed E-state index contributed by atoms with van der Waals surface area (Å²) < 4.78 is 11.3. The van der Waals surface area contributed by atoms with E-state index < -0.39 is 12.0 Å². The van der Waals surface area contributed by atoms with Crippen molar-refractivity contribution in [1.29, 1.82) is 0 Å². The minimum Gasteiger partial charge on any atom is -0.463 e. The lowest BCUT2D eigenvalue weighted by molar-refractivity contribution is -0.138. The summed E-state index contributed by atoms with van der Waals surface area (Å²) in [6.07, 6.45) is 1.96. The first-order chi connectivity index (χ1) is 22.1. The van der Waals surface area contributed by atoms with Gasteiger partial charge >= 0.3 is 5.97 Å². The molecule has 8 heteroatoms. The first-order valence-electron chi connectivity index (χ1n) is 15.4. The van der Waals surface area contributed by atoms with Crippen molar-refractivity contribution < 1.29 is 9.53 Å². The van der Waals surface area contributed by atoms with Crippen molar-refractivity contribution in [2.24, 2.45) is 4.99 Å². The summed E-state index contributed by atoms with van der Waals surface area (Å²) in [6, 6.07) is 25.7. The molecular formula is C38H36IN3O3S. The maximum absolute atomic E-state index is 14.4. The van der Waals surface area contributed by atoms with Crippen molar-refractivity contribution in [2.45, 2.75) is 53.5 Å². The number of hydrogen-bond donors (Lipinski definition) is 0. The summed E-state index contributed by atoms with van der Waals surface area (Å²) in [5.74, 6) is -0.132. The van der Waals surface area contributed by atoms with Gasteiger partial charge in [-0.1, -0.05) is 85.8 Å². The zero-order valence-corrected chi connectivity index (χ0v) is 29.8. The summed E-state index contributed by atoms with van der Waals surface area (Å²) in [6.45, 7) is 12.6. The van der Waals surface area contributed by atoms with E-state index in [9.17, 15) is 9.59 Å². The van der Waals surface area contributed by atoms with Crippen LogP contribution < -0.4 is 14.9 Å². The molecule has 1 atom stereocenters. The second-order valence-corrected chi connectivity index (χ2v) is 14.0. The molecule has 0 amide bonds. The Hall–Kier alpha value is -4.02. The Bertz CT molecular complexity index is 2170. The molecule has 6 nitrogen and oxygen atoms in total. The van der Waals surface area contributed by atoms with Crippen molar-refractivity contribution in [3.8, 4) is 5.69 Å². The summed E-state index contributed by atoms with van der Waals surface area (Å²) in [7, 11) is 0. The van der Waals surface area contributed by atoms with E-state index in [2.05, 4.69) is 98.2 Å². The molecule has 0 fully saturated rings. The molecule has 1 aliphatic heterocycles. The fourth-order valence-corrected chi connectivity index (χ4v) is 7.50. The van der Waals surface area contributed by atoms with E-state index in [1.165, 1.54) is 26.0 Å². The van der Waals surface area contributed by atoms with E-state index in [-0.39, 0.29) is 12.2 Å². The maximum Gasteiger partial charge on any atom is 0.338 e. The Labute approximate surface area is 286 Å². The third-order valence-corrected chi connectivity index (χ3v) is 10.6. The minimum absolute atomic E-state index is 0.190. The van der Waals surface area contributed by atoms with Crippen molar-refractivity contribution >= 4 is 51.7 Å². The van der Waals surface area contributed by atoms with Crippen LogP contribution in [0.3, 0.4) is 0 Å². The van der Waals surface area contributed by atoms with Gasteiger partial charge in [0.25, 0.3) is 5.56 Å². The molecule has 234 valence electrons. The van der Waals surface area contributed by atoms with E-state index in [4.69, 9.17) is 9.73 Å². The second kappa shape index (κ2) is 13.0. The molecule has 5 aromatic rings. The van der Waals surface area contributed by atoms with E-state index in [1.807, 2.05) is 48.5 Å². The number of rotatable bonds is 7. The zero-order chi connectivity index (χ0) is 32.7. The highest BCUT2D eigenvalue weighted by Gasteiger charge is 2.35. The van der Waals surface area contributed by atoms with Gasteiger partial charge in [0.15, 0.2) is 4.80 Å². The SMILES string of the molecule is CCOC(=O)C1=C(c2ccccc2)N=c2s/c(=C\c3cc(C)n(-c4ccc(C)c(I)c4)c3C)c(=O)n2[C@H]1c1ccc(C(C)C)cc1. The highest BCUT2D eigenvalue weighted by Crippen LogP contribution is 2.35. The number of fused-ring (bicyclic) bond motifs is 1. The average molecular weight is 742 g/mol. The Balaban J connectivity index is 1.59. The van der Waals surface area contributed by atoms with Crippen LogP contribution in [0, 0.1) is 24.3 Å². The molecule has 46 heavy (non-hydrogen) atoms. The van der Waals surface area contributed by atoms with E-state index in [0.717, 1.165) is 33.8 Å². The molecule has 0 saturated carbocycles. The predicted molar refractivity (Wildman–Crippen MR) is 194 cm³/mol. The quantitative estimate of drug-likeness (QED) is 0.129. The molecule has 0 bridgehead atoms. The number of hydrogen-bond acceptors (Lipinski definition) is 5. The number of halogens is 1. The number of aromatic nitrogens is 2. The normalized spacial score (nSPS) is 14.9. The van der Waals surface area contributed by atoms with Gasteiger partial charge in [0.05, 0.1) is 28.5 Å². The van der Waals surface area contributed by atoms with Crippen LogP contribution in [0.5, 0.6) is 0 Å². The summed E-state index contributed by atoms with van der Waals surface area (Å²) in [5.41, 5.74) is 8.90. The molecule has 0 N–H and O–H groups in total. The Morgan fingerprint density at radius 2 is 1.74 bits per heavy atom. The van der Waals surface area contributed by atoms with Crippen LogP contribution in [-0.2, 0) is 9.53 Å². The average Bonchev–Trinajstić information content (AvgIpc) is 3.51. The van der Waals surface area contributed by atoms with Gasteiger partial charge in [-0.15, -0.1) is 0 Å². The molecular weight excluding hydrogens is 705 g/mol. The van der Waals surface area contributed by atoms with Gasteiger partial charge in [-0.3, -0.25) is 9.36 Å². The molecule has 2 aromatic heterocycles. The monoisotopic (exact) mass is 741 g/mol. The van der Waals surface area contributed by atoms with Gasteiger partial charge in [0.1, 0.15) is 0 Å². The van der Waals surface area contributed by atoms with Gasteiger partial charge < -0.3 is 9.30 Å². The number of benzene rings is 3. The maximum atomic E-state index is 14.4. The van der Waals surface area contributed by atoms with Crippen LogP contribution in [0.25, 0.3) is 17.5 Å². The standard InChI is InChI=1S/C38H36IN3O3S/c1-7-45-37(44)33-34(27-11-9-8-10-12-27)40-38-42(35(33)28-16-14-26(15-17-28)22(2)3)36(43)32(46-38)20-29-19-24(5)41(25(29)6)30-18-13-23(4)31(39)21-30/h8-22,35H,7H2,1-6H3/b32-20-/t35-/m0/s1. The van der Waals surface area contributed by atoms with Crippen LogP contribution in [0.4, 0.5) is 0 Å². The van der Waals surface area contributed by atoms with Gasteiger partial charge in [0, 0.05) is 26.2 Å². The first kappa shape index (κ1) is 31.9. The fourth-order valence-electron chi connectivity index (χ4n) is 6.01. The third-order valence-electron chi connectivity index (χ3n) is 8.46. The highest BCUT2D eigenvalue weighted by atomic mass is 127. The van der Waals surface area contributed by atoms with Crippen molar-refractivity contribution in [3.63, 3.8) is 0 Å². The smallest absolute Gasteiger partial charge is 0.338 e. The number of carbonyl (C=O) groups excluding carboxylic acids is 1. The van der Waals surface area contributed by atoms with Crippen LogP contribution in [0.2, 0.25) is 0 Å². The van der Waals surface area contributed by atoms with E-state index >= 15 is 0 Å². The molecule has 0 radical (unpaired) electrons. The van der Waals surface area contributed by atoms with Crippen molar-refractivity contribution in [1.82, 2.24) is 9.13 Å². The Morgan fingerprint density at radius 3 is 2.39 bits per heavy atom. The van der Waals surface area contributed by atoms with Crippen LogP contribution >= 0.6 is 33.9 Å². The number of ether oxygens (including phenoxy) is 1. The number of thiazole rings is 1. The number of nitrogens with zero attached hydrogens (tertiary/aromatic N) is 3. The van der Waals surface area contributed by atoms with Gasteiger partial charge in [-0.05, 0) is 103 Å². The van der Waals surface area contributed by atoms with Crippen LogP contribution in [-0.4, -0.2) is 21.7 Å². The molecule has 6 rings (SSSR count). The minimum atomic E-state index is -0.698. The van der Waals surface area contributed by atoms with Crippen LogP contribution in [0.15, 0.2) is 94.2 Å². The van der Waals surface area contributed by atoms with Gasteiger partial charge in [0.2, 0.25) is 0 Å². The predicted octanol–water partition coefficient (Wildman–Crippen LogP) is 7.38. The van der Waals surface area contributed by atoms with Gasteiger partial charge in [-0.25, -0.2) is 9.79 Å². The number of esters is 1. The molecule has 0 spiro atoms. The third kappa shape index (κ3) is 5.84. The lowest BCUT2D eigenvalue weighted by atomic mass is 9.91. The lowest BCUT2D eigenvalue weighted by Crippen LogP contribution is -2.40. The second-order valence-electron chi connectivity index (χ2n) is 11.8. The lowest BCUT2D eigenvalue weighted by Gasteiger charge is -2.26. The zero-order valence-electron chi connectivity index (χ0n) is 26.8. The van der Waals surface area contributed by atoms with E-state index in [1.54, 1.807) is 11.5 Å². The van der Waals surface area contributed by atoms with Crippen molar-refractivity contribution in [3.05, 3.63) is 147 Å². The molecule has 3 heterocycles. The van der Waals surface area contributed by atoms with Gasteiger partial charge in [-0.2, -0.15) is 0 Å². The molecule has 0 saturated heterocycles. The molecule has 0 aliphatic carbocycles. The first-order valence-corrected chi connectivity index (χ1v) is 17.3. The highest BCUT2D eigenvalue weighted by molar-refractivity contribution is 14.1. The summed E-state index contributed by atoms with van der Waals surface area (Å²) >= 11 is 3.71. The number of carbonyl (C=O) groups is 1. The Morgan fingerprint density at radius 1 is 1.02 bits per heavy atom. The Kier molecular flexibility index (Phi) is 9.03. The molecule has 1 aliphatic rings. The largest absolute Gasteiger partial charge is 0.463 e. The topological polar surface area (TPSA) is 65.6 Å². The molecule has 0 unspecified atom stereocenters. The summed E-state index contributed by atoms with van der Waals surface area (Å²) in [4.78, 5) is 33.7.